The third-order valence-corrected chi connectivity index (χ3v) is 7.98. The first-order valence-corrected chi connectivity index (χ1v) is 11.2. The fraction of sp³-hybridized carbons (Fsp3) is 0.150. The first-order valence-electron chi connectivity index (χ1n) is 8.46. The van der Waals surface area contributed by atoms with Crippen LogP contribution in [0.1, 0.15) is 22.8 Å². The van der Waals surface area contributed by atoms with E-state index in [0.717, 1.165) is 16.2 Å². The zero-order valence-corrected chi connectivity index (χ0v) is 17.2. The number of anilines is 1. The van der Waals surface area contributed by atoms with Crippen LogP contribution < -0.4 is 10.1 Å². The van der Waals surface area contributed by atoms with Crippen molar-refractivity contribution in [2.24, 2.45) is 0 Å². The molecule has 0 fully saturated rings. The number of methoxy groups -OCH3 is 1. The fourth-order valence-corrected chi connectivity index (χ4v) is 6.28. The van der Waals surface area contributed by atoms with E-state index in [4.69, 9.17) is 16.3 Å². The molecule has 2 heterocycles. The lowest BCUT2D eigenvalue weighted by molar-refractivity contribution is -0.116. The summed E-state index contributed by atoms with van der Waals surface area (Å²) in [7, 11) is -2.18. The van der Waals surface area contributed by atoms with Gasteiger partial charge in [-0.1, -0.05) is 23.7 Å². The Balaban J connectivity index is 1.79. The number of fused-ring (bicyclic) bond motifs is 1. The van der Waals surface area contributed by atoms with E-state index in [-0.39, 0.29) is 28.0 Å². The Morgan fingerprint density at radius 3 is 2.43 bits per heavy atom. The van der Waals surface area contributed by atoms with Crippen molar-refractivity contribution in [1.29, 1.82) is 0 Å². The molecule has 0 saturated carbocycles. The second kappa shape index (κ2) is 7.24. The van der Waals surface area contributed by atoms with Gasteiger partial charge in [0.1, 0.15) is 10.6 Å². The van der Waals surface area contributed by atoms with Crippen molar-refractivity contribution in [2.45, 2.75) is 22.1 Å². The van der Waals surface area contributed by atoms with Crippen molar-refractivity contribution in [3.05, 3.63) is 69.4 Å². The Kier molecular flexibility index (Phi) is 4.91. The summed E-state index contributed by atoms with van der Waals surface area (Å²) in [4.78, 5) is 13.4. The van der Waals surface area contributed by atoms with E-state index in [0.29, 0.717) is 10.7 Å². The van der Waals surface area contributed by atoms with Gasteiger partial charge in [0.05, 0.1) is 17.7 Å². The molecule has 28 heavy (non-hydrogen) atoms. The van der Waals surface area contributed by atoms with Crippen molar-refractivity contribution in [1.82, 2.24) is 0 Å². The quantitative estimate of drug-likeness (QED) is 0.646. The van der Waals surface area contributed by atoms with Crippen molar-refractivity contribution < 1.29 is 17.9 Å². The number of hydrogen-bond donors (Lipinski definition) is 1. The van der Waals surface area contributed by atoms with E-state index < -0.39 is 9.84 Å². The molecule has 144 valence electrons. The van der Waals surface area contributed by atoms with Gasteiger partial charge in [-0.15, -0.1) is 11.3 Å². The predicted molar refractivity (Wildman–Crippen MR) is 109 cm³/mol. The van der Waals surface area contributed by atoms with Crippen molar-refractivity contribution in [3.8, 4) is 5.75 Å². The minimum atomic E-state index is -3.78. The van der Waals surface area contributed by atoms with Gasteiger partial charge in [-0.05, 0) is 42.0 Å². The van der Waals surface area contributed by atoms with Crippen LogP contribution in [0.15, 0.2) is 63.7 Å². The van der Waals surface area contributed by atoms with E-state index in [9.17, 15) is 13.2 Å². The number of sulfone groups is 1. The zero-order valence-electron chi connectivity index (χ0n) is 14.8. The van der Waals surface area contributed by atoms with E-state index in [1.807, 2.05) is 24.3 Å². The van der Waals surface area contributed by atoms with Crippen molar-refractivity contribution in [2.75, 3.05) is 12.4 Å². The average molecular weight is 434 g/mol. The number of carbonyl (C=O) groups excluding carboxylic acids is 1. The van der Waals surface area contributed by atoms with Gasteiger partial charge in [-0.25, -0.2) is 8.42 Å². The molecule has 5 nitrogen and oxygen atoms in total. The molecule has 0 radical (unpaired) electrons. The van der Waals surface area contributed by atoms with Crippen LogP contribution >= 0.6 is 22.9 Å². The number of ether oxygens (including phenoxy) is 1. The Morgan fingerprint density at radius 2 is 1.79 bits per heavy atom. The third kappa shape index (κ3) is 3.30. The lowest BCUT2D eigenvalue weighted by atomic mass is 9.91. The highest BCUT2D eigenvalue weighted by molar-refractivity contribution is 7.91. The van der Waals surface area contributed by atoms with Gasteiger partial charge in [-0.3, -0.25) is 4.79 Å². The molecule has 4 rings (SSSR count). The highest BCUT2D eigenvalue weighted by atomic mass is 35.5. The Labute approximate surface area is 171 Å². The SMILES string of the molecule is COc1ccc(C2CC(=O)Nc3c(S(=O)(=O)c4ccc(Cl)cc4)csc32)cc1. The van der Waals surface area contributed by atoms with Gasteiger partial charge in [0, 0.05) is 27.6 Å². The molecule has 0 aliphatic carbocycles. The molecular weight excluding hydrogens is 418 g/mol. The lowest BCUT2D eigenvalue weighted by Gasteiger charge is -2.24. The number of carbonyl (C=O) groups is 1. The molecule has 0 spiro atoms. The molecule has 1 unspecified atom stereocenters. The number of amides is 1. The Hall–Kier alpha value is -2.35. The van der Waals surface area contributed by atoms with Crippen LogP contribution in [0.5, 0.6) is 5.75 Å². The first kappa shape index (κ1) is 19.0. The van der Waals surface area contributed by atoms with Gasteiger partial charge in [0.25, 0.3) is 0 Å². The summed E-state index contributed by atoms with van der Waals surface area (Å²) in [5.74, 6) is 0.314. The van der Waals surface area contributed by atoms with Crippen LogP contribution in [0.2, 0.25) is 5.02 Å². The molecule has 8 heteroatoms. The largest absolute Gasteiger partial charge is 0.497 e. The number of rotatable bonds is 4. The van der Waals surface area contributed by atoms with E-state index in [1.165, 1.54) is 35.6 Å². The van der Waals surface area contributed by atoms with E-state index in [1.54, 1.807) is 12.5 Å². The zero-order chi connectivity index (χ0) is 19.9. The minimum absolute atomic E-state index is 0.112. The topological polar surface area (TPSA) is 72.5 Å². The number of hydrogen-bond acceptors (Lipinski definition) is 5. The molecule has 1 atom stereocenters. The van der Waals surface area contributed by atoms with Crippen LogP contribution in [-0.2, 0) is 14.6 Å². The fourth-order valence-electron chi connectivity index (χ4n) is 3.25. The van der Waals surface area contributed by atoms with Crippen LogP contribution in [0.4, 0.5) is 5.69 Å². The van der Waals surface area contributed by atoms with Crippen LogP contribution in [-0.4, -0.2) is 21.4 Å². The van der Waals surface area contributed by atoms with Crippen molar-refractivity contribution >= 4 is 44.4 Å². The molecule has 1 aliphatic heterocycles. The Bertz CT molecular complexity index is 1140. The summed E-state index contributed by atoms with van der Waals surface area (Å²) in [6, 6.07) is 13.5. The summed E-state index contributed by atoms with van der Waals surface area (Å²) in [5.41, 5.74) is 1.31. The predicted octanol–water partition coefficient (Wildman–Crippen LogP) is 4.72. The molecule has 0 saturated heterocycles. The maximum Gasteiger partial charge on any atom is 0.225 e. The van der Waals surface area contributed by atoms with E-state index in [2.05, 4.69) is 5.32 Å². The average Bonchev–Trinajstić information content (AvgIpc) is 3.12. The molecule has 2 aromatic carbocycles. The second-order valence-corrected chi connectivity index (χ2v) is 9.64. The summed E-state index contributed by atoms with van der Waals surface area (Å²) in [6.07, 6.45) is 0.264. The maximum atomic E-state index is 13.1. The summed E-state index contributed by atoms with van der Waals surface area (Å²) < 4.78 is 31.4. The molecule has 3 aromatic rings. The molecule has 1 amide bonds. The number of benzene rings is 2. The summed E-state index contributed by atoms with van der Waals surface area (Å²) in [5, 5.41) is 4.81. The lowest BCUT2D eigenvalue weighted by Crippen LogP contribution is -2.23. The normalized spacial score (nSPS) is 16.4. The second-order valence-electron chi connectivity index (χ2n) is 6.37. The molecule has 0 bridgehead atoms. The van der Waals surface area contributed by atoms with Gasteiger partial charge in [-0.2, -0.15) is 0 Å². The van der Waals surface area contributed by atoms with Gasteiger partial charge >= 0.3 is 0 Å². The molecular formula is C20H16ClNO4S2. The summed E-state index contributed by atoms with van der Waals surface area (Å²) >= 11 is 7.21. The smallest absolute Gasteiger partial charge is 0.225 e. The third-order valence-electron chi connectivity index (χ3n) is 4.69. The molecule has 1 N–H and O–H groups in total. The van der Waals surface area contributed by atoms with Crippen LogP contribution in [0.3, 0.4) is 0 Å². The highest BCUT2D eigenvalue weighted by Gasteiger charge is 2.34. The highest BCUT2D eigenvalue weighted by Crippen LogP contribution is 2.46. The molecule has 1 aliphatic rings. The number of halogens is 1. The van der Waals surface area contributed by atoms with Crippen LogP contribution in [0.25, 0.3) is 0 Å². The number of nitrogens with one attached hydrogen (secondary N) is 1. The Morgan fingerprint density at radius 1 is 1.11 bits per heavy atom. The van der Waals surface area contributed by atoms with E-state index >= 15 is 0 Å². The monoisotopic (exact) mass is 433 g/mol. The van der Waals surface area contributed by atoms with Gasteiger partial charge in [0.2, 0.25) is 15.7 Å². The molecule has 1 aromatic heterocycles. The van der Waals surface area contributed by atoms with Gasteiger partial charge < -0.3 is 10.1 Å². The summed E-state index contributed by atoms with van der Waals surface area (Å²) in [6.45, 7) is 0. The first-order chi connectivity index (χ1) is 13.4. The number of thiophene rings is 1. The maximum absolute atomic E-state index is 13.1. The van der Waals surface area contributed by atoms with Gasteiger partial charge in [0.15, 0.2) is 0 Å². The van der Waals surface area contributed by atoms with Crippen molar-refractivity contribution in [3.63, 3.8) is 0 Å². The standard InChI is InChI=1S/C20H16ClNO4S2/c1-26-14-6-2-12(3-7-14)16-10-18(23)22-19-17(11-27-20(16)19)28(24,25)15-8-4-13(21)5-9-15/h2-9,11,16H,10H2,1H3,(H,22,23). The minimum Gasteiger partial charge on any atom is -0.497 e. The van der Waals surface area contributed by atoms with Crippen LogP contribution in [0, 0.1) is 0 Å².